The minimum atomic E-state index is -0.00287. The molecule has 1 saturated heterocycles. The van der Waals surface area contributed by atoms with Gasteiger partial charge in [-0.15, -0.1) is 0 Å². The third kappa shape index (κ3) is 1.90. The van der Waals surface area contributed by atoms with Crippen molar-refractivity contribution < 1.29 is 4.79 Å². The van der Waals surface area contributed by atoms with Crippen LogP contribution < -0.4 is 10.6 Å². The zero-order valence-corrected chi connectivity index (χ0v) is 7.94. The van der Waals surface area contributed by atoms with Gasteiger partial charge in [0.2, 0.25) is 0 Å². The number of carbonyl (C=O) groups excluding carboxylic acids is 1. The zero-order valence-electron chi connectivity index (χ0n) is 7.94. The van der Waals surface area contributed by atoms with Gasteiger partial charge in [0.25, 0.3) is 0 Å². The van der Waals surface area contributed by atoms with Gasteiger partial charge in [0.15, 0.2) is 0 Å². The maximum absolute atomic E-state index is 11.0. The molecule has 0 bridgehead atoms. The van der Waals surface area contributed by atoms with Crippen LogP contribution in [0.2, 0.25) is 0 Å². The van der Waals surface area contributed by atoms with Gasteiger partial charge < -0.3 is 10.6 Å². The number of rotatable bonds is 4. The molecule has 2 amide bonds. The maximum Gasteiger partial charge on any atom is 0.315 e. The largest absolute Gasteiger partial charge is 0.336 e. The summed E-state index contributed by atoms with van der Waals surface area (Å²) in [4.78, 5) is 11.0. The van der Waals surface area contributed by atoms with Crippen molar-refractivity contribution in [3.63, 3.8) is 0 Å². The molecule has 1 heterocycles. The number of urea groups is 1. The first kappa shape index (κ1) is 9.36. The highest BCUT2D eigenvalue weighted by Gasteiger charge is 2.35. The van der Waals surface area contributed by atoms with Crippen LogP contribution in [0.5, 0.6) is 0 Å². The fraction of sp³-hybridized carbons (Fsp3) is 0.889. The highest BCUT2D eigenvalue weighted by atomic mass is 16.2. The first-order valence-corrected chi connectivity index (χ1v) is 4.78. The Balaban J connectivity index is 2.54. The molecule has 0 atom stereocenters. The molecule has 0 aromatic rings. The topological polar surface area (TPSA) is 41.1 Å². The van der Waals surface area contributed by atoms with Crippen molar-refractivity contribution in [1.29, 1.82) is 0 Å². The van der Waals surface area contributed by atoms with Crippen LogP contribution in [0, 0.1) is 0 Å². The van der Waals surface area contributed by atoms with Gasteiger partial charge in [0, 0.05) is 6.54 Å². The lowest BCUT2D eigenvalue weighted by Crippen LogP contribution is -2.43. The van der Waals surface area contributed by atoms with E-state index in [4.69, 9.17) is 0 Å². The van der Waals surface area contributed by atoms with Crippen LogP contribution in [0.1, 0.15) is 39.5 Å². The van der Waals surface area contributed by atoms with Crippen LogP contribution in [0.25, 0.3) is 0 Å². The van der Waals surface area contributed by atoms with E-state index in [0.717, 1.165) is 32.2 Å². The Bertz CT molecular complexity index is 162. The monoisotopic (exact) mass is 170 g/mol. The van der Waals surface area contributed by atoms with E-state index >= 15 is 0 Å². The second kappa shape index (κ2) is 3.78. The Labute approximate surface area is 73.9 Å². The van der Waals surface area contributed by atoms with Gasteiger partial charge in [0.1, 0.15) is 0 Å². The average Bonchev–Trinajstić information content (AvgIpc) is 2.34. The Morgan fingerprint density at radius 3 is 2.25 bits per heavy atom. The highest BCUT2D eigenvalue weighted by Crippen LogP contribution is 2.21. The van der Waals surface area contributed by atoms with Gasteiger partial charge in [-0.3, -0.25) is 0 Å². The molecule has 0 unspecified atom stereocenters. The number of nitrogens with one attached hydrogen (secondary N) is 2. The van der Waals surface area contributed by atoms with Gasteiger partial charge >= 0.3 is 6.03 Å². The summed E-state index contributed by atoms with van der Waals surface area (Å²) in [6, 6.07) is -0.00287. The van der Waals surface area contributed by atoms with E-state index in [1.807, 2.05) is 0 Å². The van der Waals surface area contributed by atoms with Crippen LogP contribution in [-0.2, 0) is 0 Å². The summed E-state index contributed by atoms with van der Waals surface area (Å²) in [7, 11) is 0. The van der Waals surface area contributed by atoms with Crippen molar-refractivity contribution in [1.82, 2.24) is 10.6 Å². The molecule has 12 heavy (non-hydrogen) atoms. The molecule has 0 saturated carbocycles. The van der Waals surface area contributed by atoms with Crippen LogP contribution in [-0.4, -0.2) is 18.1 Å². The van der Waals surface area contributed by atoms with Gasteiger partial charge in [-0.1, -0.05) is 26.7 Å². The number of carbonyl (C=O) groups is 1. The van der Waals surface area contributed by atoms with Crippen LogP contribution in [0.15, 0.2) is 0 Å². The van der Waals surface area contributed by atoms with E-state index in [0.29, 0.717) is 0 Å². The minimum absolute atomic E-state index is 0.00287. The minimum Gasteiger partial charge on any atom is -0.336 e. The normalized spacial score (nSPS) is 20.3. The molecule has 0 spiro atoms. The van der Waals surface area contributed by atoms with E-state index in [2.05, 4.69) is 24.5 Å². The van der Waals surface area contributed by atoms with Gasteiger partial charge in [-0.25, -0.2) is 4.79 Å². The second-order valence-corrected chi connectivity index (χ2v) is 3.59. The maximum atomic E-state index is 11.0. The molecule has 0 aromatic carbocycles. The number of amides is 2. The van der Waals surface area contributed by atoms with Gasteiger partial charge in [0.05, 0.1) is 5.54 Å². The van der Waals surface area contributed by atoms with E-state index in [1.165, 1.54) is 0 Å². The third-order valence-electron chi connectivity index (χ3n) is 2.42. The molecule has 1 aliphatic heterocycles. The first-order valence-electron chi connectivity index (χ1n) is 4.78. The third-order valence-corrected chi connectivity index (χ3v) is 2.42. The van der Waals surface area contributed by atoms with E-state index < -0.39 is 0 Å². The van der Waals surface area contributed by atoms with Crippen LogP contribution in [0.4, 0.5) is 4.79 Å². The van der Waals surface area contributed by atoms with Crippen molar-refractivity contribution in [3.05, 3.63) is 0 Å². The summed E-state index contributed by atoms with van der Waals surface area (Å²) >= 11 is 0. The molecular weight excluding hydrogens is 152 g/mol. The molecule has 3 nitrogen and oxygen atoms in total. The molecule has 0 radical (unpaired) electrons. The summed E-state index contributed by atoms with van der Waals surface area (Å²) < 4.78 is 0. The SMILES string of the molecule is CCCC1(CCC)CNC(=O)N1. The Kier molecular flexibility index (Phi) is 2.95. The highest BCUT2D eigenvalue weighted by molar-refractivity contribution is 5.77. The summed E-state index contributed by atoms with van der Waals surface area (Å²) in [5.41, 5.74) is 0.0561. The summed E-state index contributed by atoms with van der Waals surface area (Å²) in [6.45, 7) is 5.11. The Morgan fingerprint density at radius 2 is 1.92 bits per heavy atom. The zero-order chi connectivity index (χ0) is 9.03. The summed E-state index contributed by atoms with van der Waals surface area (Å²) in [5.74, 6) is 0. The lowest BCUT2D eigenvalue weighted by molar-refractivity contribution is 0.242. The van der Waals surface area contributed by atoms with Crippen LogP contribution in [0.3, 0.4) is 0 Å². The lowest BCUT2D eigenvalue weighted by Gasteiger charge is -2.26. The van der Waals surface area contributed by atoms with Crippen molar-refractivity contribution in [2.75, 3.05) is 6.54 Å². The summed E-state index contributed by atoms with van der Waals surface area (Å²) in [6.07, 6.45) is 4.42. The molecule has 0 aromatic heterocycles. The predicted octanol–water partition coefficient (Wildman–Crippen LogP) is 1.64. The van der Waals surface area contributed by atoms with E-state index in [-0.39, 0.29) is 11.6 Å². The second-order valence-electron chi connectivity index (χ2n) is 3.59. The van der Waals surface area contributed by atoms with Crippen LogP contribution >= 0.6 is 0 Å². The first-order chi connectivity index (χ1) is 5.72. The van der Waals surface area contributed by atoms with Gasteiger partial charge in [-0.05, 0) is 12.8 Å². The van der Waals surface area contributed by atoms with E-state index in [9.17, 15) is 4.79 Å². The molecule has 3 heteroatoms. The Morgan fingerprint density at radius 1 is 1.33 bits per heavy atom. The molecule has 0 aliphatic carbocycles. The Hall–Kier alpha value is -0.730. The number of hydrogen-bond donors (Lipinski definition) is 2. The lowest BCUT2D eigenvalue weighted by atomic mass is 9.90. The standard InChI is InChI=1S/C9H18N2O/c1-3-5-9(6-4-2)7-10-8(12)11-9/h3-7H2,1-2H3,(H2,10,11,12). The quantitative estimate of drug-likeness (QED) is 0.661. The van der Waals surface area contributed by atoms with Crippen molar-refractivity contribution >= 4 is 6.03 Å². The molecule has 1 aliphatic rings. The van der Waals surface area contributed by atoms with Crippen molar-refractivity contribution in [3.8, 4) is 0 Å². The fourth-order valence-electron chi connectivity index (χ4n) is 1.96. The van der Waals surface area contributed by atoms with Crippen molar-refractivity contribution in [2.45, 2.75) is 45.1 Å². The van der Waals surface area contributed by atoms with Crippen molar-refractivity contribution in [2.24, 2.45) is 0 Å². The molecular formula is C9H18N2O. The molecule has 2 N–H and O–H groups in total. The average molecular weight is 170 g/mol. The molecule has 1 rings (SSSR count). The predicted molar refractivity (Wildman–Crippen MR) is 49.1 cm³/mol. The fourth-order valence-corrected chi connectivity index (χ4v) is 1.96. The summed E-state index contributed by atoms with van der Waals surface area (Å²) in [5, 5.41) is 5.85. The smallest absolute Gasteiger partial charge is 0.315 e. The molecule has 1 fully saturated rings. The van der Waals surface area contributed by atoms with E-state index in [1.54, 1.807) is 0 Å². The van der Waals surface area contributed by atoms with Gasteiger partial charge in [-0.2, -0.15) is 0 Å². The number of hydrogen-bond acceptors (Lipinski definition) is 1. The molecule has 70 valence electrons.